The van der Waals surface area contributed by atoms with Crippen molar-refractivity contribution < 1.29 is 14.6 Å². The molecule has 0 saturated carbocycles. The van der Waals surface area contributed by atoms with Crippen LogP contribution in [0.5, 0.6) is 0 Å². The minimum absolute atomic E-state index is 0.0705. The molecule has 2 N–H and O–H groups in total. The van der Waals surface area contributed by atoms with E-state index in [9.17, 15) is 4.79 Å². The van der Waals surface area contributed by atoms with E-state index in [-0.39, 0.29) is 18.6 Å². The third-order valence-corrected chi connectivity index (χ3v) is 3.48. The van der Waals surface area contributed by atoms with Crippen molar-refractivity contribution in [1.82, 2.24) is 15.1 Å². The highest BCUT2D eigenvalue weighted by atomic mass is 16.5. The van der Waals surface area contributed by atoms with Crippen molar-refractivity contribution in [2.75, 3.05) is 19.8 Å². The third kappa shape index (κ3) is 3.13. The van der Waals surface area contributed by atoms with E-state index in [1.165, 1.54) is 0 Å². The summed E-state index contributed by atoms with van der Waals surface area (Å²) in [5.74, 6) is -0.183. The van der Waals surface area contributed by atoms with E-state index in [1.807, 2.05) is 11.6 Å². The zero-order valence-corrected chi connectivity index (χ0v) is 11.4. The molecule has 2 heterocycles. The van der Waals surface area contributed by atoms with E-state index < -0.39 is 0 Å². The standard InChI is InChI=1S/C13H21N3O3/c1-9(8-17)15-13(18)12-7-14-16(10(12)2)11-3-5-19-6-4-11/h7,9,11,17H,3-6,8H2,1-2H3,(H,15,18). The van der Waals surface area contributed by atoms with Crippen LogP contribution in [-0.4, -0.2) is 46.7 Å². The van der Waals surface area contributed by atoms with Crippen molar-refractivity contribution in [1.29, 1.82) is 0 Å². The number of aliphatic hydroxyl groups excluding tert-OH is 1. The van der Waals surface area contributed by atoms with Crippen LogP contribution >= 0.6 is 0 Å². The Labute approximate surface area is 112 Å². The zero-order valence-electron chi connectivity index (χ0n) is 11.4. The number of nitrogens with one attached hydrogen (secondary N) is 1. The van der Waals surface area contributed by atoms with E-state index in [0.717, 1.165) is 31.7 Å². The number of nitrogens with zero attached hydrogens (tertiary/aromatic N) is 2. The second kappa shape index (κ2) is 6.16. The molecule has 1 fully saturated rings. The number of aliphatic hydroxyl groups is 1. The van der Waals surface area contributed by atoms with E-state index in [1.54, 1.807) is 13.1 Å². The van der Waals surface area contributed by atoms with Gasteiger partial charge in [-0.25, -0.2) is 0 Å². The fraction of sp³-hybridized carbons (Fsp3) is 0.692. The summed E-state index contributed by atoms with van der Waals surface area (Å²) in [6.07, 6.45) is 3.46. The lowest BCUT2D eigenvalue weighted by Crippen LogP contribution is -2.35. The molecule has 0 bridgehead atoms. The molecule has 0 radical (unpaired) electrons. The number of hydrogen-bond donors (Lipinski definition) is 2. The number of carbonyl (C=O) groups excluding carboxylic acids is 1. The average Bonchev–Trinajstić information content (AvgIpc) is 2.81. The fourth-order valence-electron chi connectivity index (χ4n) is 2.29. The van der Waals surface area contributed by atoms with Crippen molar-refractivity contribution in [2.24, 2.45) is 0 Å². The van der Waals surface area contributed by atoms with Gasteiger partial charge in [-0.3, -0.25) is 9.48 Å². The number of rotatable bonds is 4. The smallest absolute Gasteiger partial charge is 0.255 e. The molecule has 19 heavy (non-hydrogen) atoms. The van der Waals surface area contributed by atoms with Gasteiger partial charge in [-0.05, 0) is 26.7 Å². The third-order valence-electron chi connectivity index (χ3n) is 3.48. The normalized spacial score (nSPS) is 18.3. The van der Waals surface area contributed by atoms with Gasteiger partial charge in [-0.1, -0.05) is 0 Å². The highest BCUT2D eigenvalue weighted by Crippen LogP contribution is 2.23. The SMILES string of the molecule is Cc1c(C(=O)NC(C)CO)cnn1C1CCOCC1. The van der Waals surface area contributed by atoms with Crippen LogP contribution in [0.15, 0.2) is 6.20 Å². The fourth-order valence-corrected chi connectivity index (χ4v) is 2.29. The quantitative estimate of drug-likeness (QED) is 0.840. The van der Waals surface area contributed by atoms with Crippen molar-refractivity contribution in [3.63, 3.8) is 0 Å². The zero-order chi connectivity index (χ0) is 13.8. The Morgan fingerprint density at radius 2 is 2.32 bits per heavy atom. The van der Waals surface area contributed by atoms with E-state index in [2.05, 4.69) is 10.4 Å². The first-order chi connectivity index (χ1) is 9.13. The van der Waals surface area contributed by atoms with Gasteiger partial charge >= 0.3 is 0 Å². The number of hydrogen-bond acceptors (Lipinski definition) is 4. The van der Waals surface area contributed by atoms with Crippen LogP contribution in [-0.2, 0) is 4.74 Å². The molecule has 6 nitrogen and oxygen atoms in total. The molecule has 1 saturated heterocycles. The van der Waals surface area contributed by atoms with Gasteiger partial charge in [0, 0.05) is 24.9 Å². The van der Waals surface area contributed by atoms with Crippen molar-refractivity contribution in [3.8, 4) is 0 Å². The van der Waals surface area contributed by atoms with Crippen LogP contribution in [0, 0.1) is 6.92 Å². The average molecular weight is 267 g/mol. The van der Waals surface area contributed by atoms with Gasteiger partial charge in [0.25, 0.3) is 5.91 Å². The number of ether oxygens (including phenoxy) is 1. The second-order valence-electron chi connectivity index (χ2n) is 4.99. The maximum Gasteiger partial charge on any atom is 0.255 e. The van der Waals surface area contributed by atoms with E-state index in [4.69, 9.17) is 9.84 Å². The maximum atomic E-state index is 12.0. The first kappa shape index (κ1) is 14.0. The summed E-state index contributed by atoms with van der Waals surface area (Å²) in [4.78, 5) is 12.0. The number of amides is 1. The predicted molar refractivity (Wildman–Crippen MR) is 70.1 cm³/mol. The van der Waals surface area contributed by atoms with Gasteiger partial charge in [0.1, 0.15) is 0 Å². The summed E-state index contributed by atoms with van der Waals surface area (Å²) in [6.45, 7) is 5.08. The van der Waals surface area contributed by atoms with Gasteiger partial charge in [0.15, 0.2) is 0 Å². The summed E-state index contributed by atoms with van der Waals surface area (Å²) in [5, 5.41) is 16.0. The van der Waals surface area contributed by atoms with Gasteiger partial charge in [-0.2, -0.15) is 5.10 Å². The molecule has 1 aliphatic heterocycles. The minimum atomic E-state index is -0.252. The summed E-state index contributed by atoms with van der Waals surface area (Å²) in [5.41, 5.74) is 1.45. The van der Waals surface area contributed by atoms with Gasteiger partial charge in [0.05, 0.1) is 24.4 Å². The summed E-state index contributed by atoms with van der Waals surface area (Å²) >= 11 is 0. The van der Waals surface area contributed by atoms with Crippen LogP contribution < -0.4 is 5.32 Å². The number of aromatic nitrogens is 2. The Hall–Kier alpha value is -1.40. The molecular weight excluding hydrogens is 246 g/mol. The highest BCUT2D eigenvalue weighted by molar-refractivity contribution is 5.95. The van der Waals surface area contributed by atoms with Gasteiger partial charge in [-0.15, -0.1) is 0 Å². The Bertz CT molecular complexity index is 438. The Kier molecular flexibility index (Phi) is 4.55. The van der Waals surface area contributed by atoms with Crippen LogP contribution in [0.25, 0.3) is 0 Å². The largest absolute Gasteiger partial charge is 0.394 e. The first-order valence-corrected chi connectivity index (χ1v) is 6.67. The Balaban J connectivity index is 2.10. The molecule has 2 rings (SSSR count). The van der Waals surface area contributed by atoms with Crippen LogP contribution in [0.2, 0.25) is 0 Å². The molecule has 1 amide bonds. The van der Waals surface area contributed by atoms with Gasteiger partial charge < -0.3 is 15.2 Å². The van der Waals surface area contributed by atoms with Crippen molar-refractivity contribution in [2.45, 2.75) is 38.8 Å². The molecule has 1 atom stereocenters. The molecule has 106 valence electrons. The van der Waals surface area contributed by atoms with Crippen LogP contribution in [0.4, 0.5) is 0 Å². The lowest BCUT2D eigenvalue weighted by molar-refractivity contribution is 0.0656. The second-order valence-corrected chi connectivity index (χ2v) is 4.99. The van der Waals surface area contributed by atoms with Crippen molar-refractivity contribution >= 4 is 5.91 Å². The molecule has 1 aromatic heterocycles. The first-order valence-electron chi connectivity index (χ1n) is 6.67. The highest BCUT2D eigenvalue weighted by Gasteiger charge is 2.22. The summed E-state index contributed by atoms with van der Waals surface area (Å²) in [7, 11) is 0. The van der Waals surface area contributed by atoms with E-state index in [0.29, 0.717) is 11.6 Å². The molecule has 0 aromatic carbocycles. The Morgan fingerprint density at radius 1 is 1.63 bits per heavy atom. The van der Waals surface area contributed by atoms with Gasteiger partial charge in [0.2, 0.25) is 0 Å². The Morgan fingerprint density at radius 3 is 2.95 bits per heavy atom. The topological polar surface area (TPSA) is 76.4 Å². The monoisotopic (exact) mass is 267 g/mol. The molecule has 1 aromatic rings. The minimum Gasteiger partial charge on any atom is -0.394 e. The summed E-state index contributed by atoms with van der Waals surface area (Å²) < 4.78 is 7.25. The lowest BCUT2D eigenvalue weighted by Gasteiger charge is -2.23. The maximum absolute atomic E-state index is 12.0. The molecular formula is C13H21N3O3. The van der Waals surface area contributed by atoms with Crippen molar-refractivity contribution in [3.05, 3.63) is 17.5 Å². The lowest BCUT2D eigenvalue weighted by atomic mass is 10.1. The van der Waals surface area contributed by atoms with Crippen LogP contribution in [0.1, 0.15) is 41.9 Å². The summed E-state index contributed by atoms with van der Waals surface area (Å²) in [6, 6.07) is 0.0592. The predicted octanol–water partition coefficient (Wildman–Crippen LogP) is 0.654. The molecule has 0 aliphatic carbocycles. The number of carbonyl (C=O) groups is 1. The van der Waals surface area contributed by atoms with Crippen LogP contribution in [0.3, 0.4) is 0 Å². The molecule has 1 aliphatic rings. The van der Waals surface area contributed by atoms with E-state index >= 15 is 0 Å². The molecule has 1 unspecified atom stereocenters. The molecule has 0 spiro atoms. The molecule has 6 heteroatoms.